The van der Waals surface area contributed by atoms with Crippen LogP contribution in [0, 0.1) is 0 Å². The number of aliphatic hydroxyl groups excluding tert-OH is 4. The first-order valence-electron chi connectivity index (χ1n) is 10.5. The summed E-state index contributed by atoms with van der Waals surface area (Å²) < 4.78 is 31.9. The highest BCUT2D eigenvalue weighted by molar-refractivity contribution is 6.49. The van der Waals surface area contributed by atoms with E-state index in [1.54, 1.807) is 0 Å². The smallest absolute Gasteiger partial charge is 0.233 e. The lowest BCUT2D eigenvalue weighted by atomic mass is 9.99. The summed E-state index contributed by atoms with van der Waals surface area (Å²) in [6.07, 6.45) is -7.56. The summed E-state index contributed by atoms with van der Waals surface area (Å²) in [5.74, 6) is -0.823. The molecule has 2 aliphatic rings. The molecule has 188 valence electrons. The average molecular weight is 492 g/mol. The molecule has 2 heterocycles. The van der Waals surface area contributed by atoms with Crippen LogP contribution in [-0.2, 0) is 4.74 Å². The van der Waals surface area contributed by atoms with Crippen LogP contribution in [0.3, 0.4) is 0 Å². The Hall–Kier alpha value is -3.42. The number of hydrogen-bond donors (Lipinski definition) is 4. The molecule has 0 unspecified atom stereocenters. The van der Waals surface area contributed by atoms with Crippen molar-refractivity contribution >= 4 is 11.6 Å². The van der Waals surface area contributed by atoms with Gasteiger partial charge in [-0.3, -0.25) is 9.59 Å². The van der Waals surface area contributed by atoms with Crippen molar-refractivity contribution in [1.82, 2.24) is 0 Å². The zero-order valence-electron chi connectivity index (χ0n) is 18.7. The van der Waals surface area contributed by atoms with Crippen LogP contribution in [0.15, 0.2) is 30.3 Å². The number of ketones is 2. The molecule has 1 fully saturated rings. The summed E-state index contributed by atoms with van der Waals surface area (Å²) in [5, 5.41) is 39.5. The molecular formula is C23H24O12. The number of Topliss-reactive ketones (excluding diaryl/α,β-unsaturated/α-hetero) is 2. The molecular weight excluding hydrogens is 468 g/mol. The molecule has 0 amide bonds. The van der Waals surface area contributed by atoms with Gasteiger partial charge in [0.05, 0.1) is 20.8 Å². The number of rotatable bonds is 8. The summed E-state index contributed by atoms with van der Waals surface area (Å²) >= 11 is 0. The third kappa shape index (κ3) is 4.74. The molecule has 5 atom stereocenters. The highest BCUT2D eigenvalue weighted by Gasteiger charge is 2.44. The lowest BCUT2D eigenvalue weighted by Crippen LogP contribution is -2.60. The van der Waals surface area contributed by atoms with Crippen LogP contribution in [0.25, 0.3) is 0 Å². The van der Waals surface area contributed by atoms with Crippen molar-refractivity contribution in [1.29, 1.82) is 0 Å². The van der Waals surface area contributed by atoms with Gasteiger partial charge in [0.2, 0.25) is 30.4 Å². The second-order valence-corrected chi connectivity index (χ2v) is 7.78. The number of ether oxygens (including phenoxy) is 6. The van der Waals surface area contributed by atoms with E-state index in [2.05, 4.69) is 0 Å². The van der Waals surface area contributed by atoms with Gasteiger partial charge in [-0.1, -0.05) is 0 Å². The number of benzene rings is 2. The third-order valence-corrected chi connectivity index (χ3v) is 5.61. The Morgan fingerprint density at radius 3 is 2.23 bits per heavy atom. The van der Waals surface area contributed by atoms with Crippen LogP contribution in [-0.4, -0.2) is 90.3 Å². The van der Waals surface area contributed by atoms with E-state index < -0.39 is 48.9 Å². The molecule has 0 bridgehead atoms. The monoisotopic (exact) mass is 492 g/mol. The predicted molar refractivity (Wildman–Crippen MR) is 115 cm³/mol. The second-order valence-electron chi connectivity index (χ2n) is 7.78. The zero-order valence-corrected chi connectivity index (χ0v) is 18.7. The van der Waals surface area contributed by atoms with Gasteiger partial charge in [0, 0.05) is 17.2 Å². The highest BCUT2D eigenvalue weighted by Crippen LogP contribution is 2.42. The summed E-state index contributed by atoms with van der Waals surface area (Å²) in [6, 6.07) is 6.65. The van der Waals surface area contributed by atoms with Gasteiger partial charge < -0.3 is 48.8 Å². The Morgan fingerprint density at radius 1 is 0.886 bits per heavy atom. The van der Waals surface area contributed by atoms with Gasteiger partial charge in [-0.2, -0.15) is 0 Å². The molecule has 2 aromatic rings. The van der Waals surface area contributed by atoms with E-state index in [4.69, 9.17) is 28.4 Å². The van der Waals surface area contributed by atoms with Crippen LogP contribution >= 0.6 is 0 Å². The molecule has 0 saturated carbocycles. The van der Waals surface area contributed by atoms with Gasteiger partial charge in [-0.05, 0) is 24.3 Å². The van der Waals surface area contributed by atoms with Crippen molar-refractivity contribution in [2.45, 2.75) is 30.7 Å². The van der Waals surface area contributed by atoms with E-state index in [-0.39, 0.29) is 40.9 Å². The normalized spacial score (nSPS) is 25.1. The van der Waals surface area contributed by atoms with Crippen molar-refractivity contribution in [3.05, 3.63) is 41.5 Å². The van der Waals surface area contributed by atoms with Crippen LogP contribution < -0.4 is 23.7 Å². The maximum Gasteiger partial charge on any atom is 0.233 e. The number of carbonyl (C=O) groups is 2. The van der Waals surface area contributed by atoms with Crippen LogP contribution in [0.1, 0.15) is 20.7 Å². The Kier molecular flexibility index (Phi) is 7.10. The molecule has 0 radical (unpaired) electrons. The molecule has 12 nitrogen and oxygen atoms in total. The average Bonchev–Trinajstić information content (AvgIpc) is 3.36. The van der Waals surface area contributed by atoms with Gasteiger partial charge in [0.15, 0.2) is 11.5 Å². The lowest BCUT2D eigenvalue weighted by Gasteiger charge is -2.39. The maximum absolute atomic E-state index is 13.1. The van der Waals surface area contributed by atoms with Crippen molar-refractivity contribution in [3.63, 3.8) is 0 Å². The molecule has 2 aliphatic heterocycles. The first kappa shape index (κ1) is 24.7. The second kappa shape index (κ2) is 10.1. The van der Waals surface area contributed by atoms with Gasteiger partial charge >= 0.3 is 0 Å². The third-order valence-electron chi connectivity index (χ3n) is 5.61. The topological polar surface area (TPSA) is 170 Å². The van der Waals surface area contributed by atoms with Crippen molar-refractivity contribution in [2.75, 3.05) is 27.6 Å². The first-order chi connectivity index (χ1) is 16.8. The fourth-order valence-corrected chi connectivity index (χ4v) is 3.71. The molecule has 1 saturated heterocycles. The lowest BCUT2D eigenvalue weighted by molar-refractivity contribution is -0.277. The van der Waals surface area contributed by atoms with Gasteiger partial charge in [-0.15, -0.1) is 0 Å². The molecule has 0 spiro atoms. The predicted octanol–water partition coefficient (Wildman–Crippen LogP) is -0.323. The highest BCUT2D eigenvalue weighted by atomic mass is 16.7. The van der Waals surface area contributed by atoms with E-state index >= 15 is 0 Å². The molecule has 4 N–H and O–H groups in total. The van der Waals surface area contributed by atoms with Crippen molar-refractivity contribution < 1.29 is 58.4 Å². The van der Waals surface area contributed by atoms with Gasteiger partial charge in [-0.25, -0.2) is 0 Å². The summed E-state index contributed by atoms with van der Waals surface area (Å²) in [6.45, 7) is -0.689. The fraction of sp³-hybridized carbons (Fsp3) is 0.391. The van der Waals surface area contributed by atoms with E-state index in [9.17, 15) is 30.0 Å². The zero-order chi connectivity index (χ0) is 25.3. The van der Waals surface area contributed by atoms with Crippen molar-refractivity contribution in [2.24, 2.45) is 0 Å². The van der Waals surface area contributed by atoms with Crippen LogP contribution in [0.4, 0.5) is 0 Å². The van der Waals surface area contributed by atoms with Crippen LogP contribution in [0.2, 0.25) is 0 Å². The molecule has 35 heavy (non-hydrogen) atoms. The number of fused-ring (bicyclic) bond motifs is 1. The number of methoxy groups -OCH3 is 2. The number of carbonyl (C=O) groups excluding carboxylic acids is 2. The quantitative estimate of drug-likeness (QED) is 0.280. The standard InChI is InChI=1S/C23H24O12/c1-30-12-3-10(4-13(7-12)34-23-21(29)20(28)19(27)16(8-24)35-23)17(25)18(26)11-5-14(31-2)22-15(6-11)32-9-33-22/h3-7,16,19-21,23-24,27-29H,8-9H2,1-2H3/t16-,19-,20+,21-,23-/m1/s1. The maximum atomic E-state index is 13.1. The Balaban J connectivity index is 1.60. The summed E-state index contributed by atoms with van der Waals surface area (Å²) in [4.78, 5) is 26.0. The van der Waals surface area contributed by atoms with Gasteiger partial charge in [0.25, 0.3) is 0 Å². The van der Waals surface area contributed by atoms with E-state index in [1.165, 1.54) is 44.6 Å². The Bertz CT molecular complexity index is 1110. The number of aliphatic hydroxyl groups is 4. The Morgan fingerprint density at radius 2 is 1.57 bits per heavy atom. The minimum atomic E-state index is -1.67. The molecule has 12 heteroatoms. The molecule has 4 rings (SSSR count). The number of hydrogen-bond acceptors (Lipinski definition) is 12. The minimum absolute atomic E-state index is 0.00956. The van der Waals surface area contributed by atoms with E-state index in [0.29, 0.717) is 5.75 Å². The van der Waals surface area contributed by atoms with E-state index in [1.807, 2.05) is 0 Å². The van der Waals surface area contributed by atoms with Crippen LogP contribution in [0.5, 0.6) is 28.7 Å². The Labute approximate surface area is 199 Å². The first-order valence-corrected chi connectivity index (χ1v) is 10.5. The molecule has 0 aromatic heterocycles. The molecule has 0 aliphatic carbocycles. The largest absolute Gasteiger partial charge is 0.497 e. The van der Waals surface area contributed by atoms with Crippen molar-refractivity contribution in [3.8, 4) is 28.7 Å². The molecule has 2 aromatic carbocycles. The summed E-state index contributed by atoms with van der Waals surface area (Å²) in [5.41, 5.74) is -0.0825. The van der Waals surface area contributed by atoms with Gasteiger partial charge in [0.1, 0.15) is 35.9 Å². The SMILES string of the molecule is COc1cc(O[C@@H]2O[C@H](CO)[C@@H](O)[C@H](O)[C@H]2O)cc(C(=O)C(=O)c2cc(OC)c3c(c2)OCO3)c1. The fourth-order valence-electron chi connectivity index (χ4n) is 3.71. The van der Waals surface area contributed by atoms with E-state index in [0.717, 1.165) is 0 Å². The summed E-state index contributed by atoms with van der Waals surface area (Å²) in [7, 11) is 2.73. The minimum Gasteiger partial charge on any atom is -0.497 e.